The van der Waals surface area contributed by atoms with Gasteiger partial charge in [0, 0.05) is 43.9 Å². The highest BCUT2D eigenvalue weighted by Gasteiger charge is 2.04. The van der Waals surface area contributed by atoms with Crippen LogP contribution in [0.15, 0.2) is 11.3 Å². The number of aliphatic imine (C=N–C) groups is 1. The van der Waals surface area contributed by atoms with Crippen LogP contribution in [0.25, 0.3) is 0 Å². The maximum Gasteiger partial charge on any atom is 0.191 e. The van der Waals surface area contributed by atoms with Crippen LogP contribution in [-0.2, 0) is 19.4 Å². The van der Waals surface area contributed by atoms with Crippen molar-refractivity contribution < 1.29 is 0 Å². The van der Waals surface area contributed by atoms with E-state index in [1.807, 2.05) is 0 Å². The van der Waals surface area contributed by atoms with E-state index in [4.69, 9.17) is 0 Å². The number of thiazole rings is 1. The van der Waals surface area contributed by atoms with Gasteiger partial charge in [0.2, 0.25) is 0 Å². The Bertz CT molecular complexity index is 640. The van der Waals surface area contributed by atoms with Crippen molar-refractivity contribution in [1.29, 1.82) is 0 Å². The zero-order valence-corrected chi connectivity index (χ0v) is 15.8. The van der Waals surface area contributed by atoms with Gasteiger partial charge in [-0.1, -0.05) is 6.92 Å². The van der Waals surface area contributed by atoms with Crippen LogP contribution in [0, 0.1) is 13.8 Å². The van der Waals surface area contributed by atoms with E-state index in [-0.39, 0.29) is 0 Å². The molecule has 132 valence electrons. The molecule has 0 aliphatic heterocycles. The van der Waals surface area contributed by atoms with Crippen LogP contribution < -0.4 is 10.6 Å². The largest absolute Gasteiger partial charge is 0.357 e. The lowest BCUT2D eigenvalue weighted by molar-refractivity contribution is 0.632. The van der Waals surface area contributed by atoms with E-state index in [1.165, 1.54) is 4.88 Å². The lowest BCUT2D eigenvalue weighted by Gasteiger charge is -2.12. The molecule has 7 nitrogen and oxygen atoms in total. The quantitative estimate of drug-likeness (QED) is 0.560. The average Bonchev–Trinajstić information content (AvgIpc) is 3.14. The molecule has 2 aromatic heterocycles. The van der Waals surface area contributed by atoms with Crippen molar-refractivity contribution >= 4 is 17.3 Å². The molecule has 0 aliphatic rings. The molecule has 0 saturated carbocycles. The van der Waals surface area contributed by atoms with Gasteiger partial charge >= 0.3 is 0 Å². The van der Waals surface area contributed by atoms with Crippen molar-refractivity contribution in [3.05, 3.63) is 27.7 Å². The van der Waals surface area contributed by atoms with E-state index in [9.17, 15) is 0 Å². The Hall–Kier alpha value is -1.96. The minimum Gasteiger partial charge on any atom is -0.357 e. The number of aromatic nitrogens is 4. The molecule has 2 rings (SSSR count). The van der Waals surface area contributed by atoms with Crippen molar-refractivity contribution in [2.45, 2.75) is 47.1 Å². The molecule has 0 atom stereocenters. The van der Waals surface area contributed by atoms with E-state index >= 15 is 0 Å². The molecule has 0 unspecified atom stereocenters. The van der Waals surface area contributed by atoms with Gasteiger partial charge in [-0.3, -0.25) is 4.99 Å². The summed E-state index contributed by atoms with van der Waals surface area (Å²) in [6.45, 7) is 11.5. The Morgan fingerprint density at radius 2 is 2.12 bits per heavy atom. The number of hydrogen-bond acceptors (Lipinski definition) is 5. The van der Waals surface area contributed by atoms with Gasteiger partial charge in [-0.25, -0.2) is 4.98 Å². The fourth-order valence-corrected chi connectivity index (χ4v) is 3.21. The Labute approximate surface area is 147 Å². The van der Waals surface area contributed by atoms with E-state index in [2.05, 4.69) is 63.1 Å². The van der Waals surface area contributed by atoms with E-state index < -0.39 is 0 Å². The third-order valence-corrected chi connectivity index (χ3v) is 4.80. The molecule has 24 heavy (non-hydrogen) atoms. The van der Waals surface area contributed by atoms with Crippen LogP contribution in [0.3, 0.4) is 0 Å². The van der Waals surface area contributed by atoms with Gasteiger partial charge in [0.05, 0.1) is 10.7 Å². The summed E-state index contributed by atoms with van der Waals surface area (Å²) < 4.78 is 2.07. The Morgan fingerprint density at radius 1 is 1.29 bits per heavy atom. The molecular weight excluding hydrogens is 322 g/mol. The summed E-state index contributed by atoms with van der Waals surface area (Å²) in [7, 11) is 0. The van der Waals surface area contributed by atoms with Gasteiger partial charge in [0.25, 0.3) is 0 Å². The Morgan fingerprint density at radius 3 is 2.79 bits per heavy atom. The summed E-state index contributed by atoms with van der Waals surface area (Å²) in [6, 6.07) is 0. The molecule has 2 N–H and O–H groups in total. The maximum absolute atomic E-state index is 4.63. The third-order valence-electron chi connectivity index (χ3n) is 3.67. The van der Waals surface area contributed by atoms with Crippen molar-refractivity contribution in [2.24, 2.45) is 4.99 Å². The normalized spacial score (nSPS) is 11.8. The van der Waals surface area contributed by atoms with Crippen LogP contribution in [0.1, 0.15) is 35.3 Å². The molecule has 0 bridgehead atoms. The summed E-state index contributed by atoms with van der Waals surface area (Å²) in [5.41, 5.74) is 1.13. The second-order valence-corrected chi connectivity index (χ2v) is 6.77. The molecule has 0 amide bonds. The number of rotatable bonds is 8. The number of nitrogens with one attached hydrogen (secondary N) is 2. The second kappa shape index (κ2) is 9.36. The van der Waals surface area contributed by atoms with Crippen LogP contribution in [0.5, 0.6) is 0 Å². The topological polar surface area (TPSA) is 80.0 Å². The molecule has 0 aromatic carbocycles. The summed E-state index contributed by atoms with van der Waals surface area (Å²) >= 11 is 1.76. The molecule has 0 aliphatic carbocycles. The number of aryl methyl sites for hydroxylation is 3. The van der Waals surface area contributed by atoms with Gasteiger partial charge < -0.3 is 15.2 Å². The SMILES string of the molecule is CCNC(=NCCc1nc(C)c(C)s1)NCCn1cnnc1CC. The molecule has 0 radical (unpaired) electrons. The fourth-order valence-electron chi connectivity index (χ4n) is 2.29. The number of nitrogens with zero attached hydrogens (tertiary/aromatic N) is 5. The first-order chi connectivity index (χ1) is 11.6. The van der Waals surface area contributed by atoms with E-state index in [0.717, 1.165) is 61.5 Å². The molecule has 2 heterocycles. The van der Waals surface area contributed by atoms with Crippen molar-refractivity contribution in [1.82, 2.24) is 30.4 Å². The summed E-state index contributed by atoms with van der Waals surface area (Å²) in [4.78, 5) is 10.5. The minimum absolute atomic E-state index is 0.731. The molecule has 8 heteroatoms. The van der Waals surface area contributed by atoms with E-state index in [0.29, 0.717) is 0 Å². The van der Waals surface area contributed by atoms with Crippen molar-refractivity contribution in [3.63, 3.8) is 0 Å². The van der Waals surface area contributed by atoms with Gasteiger partial charge in [-0.15, -0.1) is 21.5 Å². The van der Waals surface area contributed by atoms with Gasteiger partial charge in [0.1, 0.15) is 12.2 Å². The zero-order chi connectivity index (χ0) is 17.4. The molecule has 0 saturated heterocycles. The standard InChI is InChI=1S/C16H27N7S/c1-5-14-22-20-11-23(14)10-9-19-16(17-6-2)18-8-7-15-21-12(3)13(4)24-15/h11H,5-10H2,1-4H3,(H2,17,18,19). The Balaban J connectivity index is 1.81. The lowest BCUT2D eigenvalue weighted by Crippen LogP contribution is -2.39. The lowest BCUT2D eigenvalue weighted by atomic mass is 10.4. The first-order valence-electron chi connectivity index (χ1n) is 8.45. The minimum atomic E-state index is 0.731. The van der Waals surface area contributed by atoms with Crippen LogP contribution >= 0.6 is 11.3 Å². The number of guanidine groups is 1. The number of hydrogen-bond donors (Lipinski definition) is 2. The van der Waals surface area contributed by atoms with Crippen LogP contribution in [0.4, 0.5) is 0 Å². The molecule has 2 aromatic rings. The third kappa shape index (κ3) is 5.30. The Kier molecular flexibility index (Phi) is 7.17. The highest BCUT2D eigenvalue weighted by atomic mass is 32.1. The van der Waals surface area contributed by atoms with Crippen LogP contribution in [0.2, 0.25) is 0 Å². The summed E-state index contributed by atoms with van der Waals surface area (Å²) in [5.74, 6) is 1.85. The average molecular weight is 350 g/mol. The van der Waals surface area contributed by atoms with Gasteiger partial charge in [-0.2, -0.15) is 0 Å². The van der Waals surface area contributed by atoms with Gasteiger partial charge in [-0.05, 0) is 20.8 Å². The maximum atomic E-state index is 4.63. The van der Waals surface area contributed by atoms with Crippen molar-refractivity contribution in [2.75, 3.05) is 19.6 Å². The fraction of sp³-hybridized carbons (Fsp3) is 0.625. The molecule has 0 spiro atoms. The van der Waals surface area contributed by atoms with Crippen molar-refractivity contribution in [3.8, 4) is 0 Å². The zero-order valence-electron chi connectivity index (χ0n) is 15.0. The first-order valence-corrected chi connectivity index (χ1v) is 9.27. The predicted molar refractivity (Wildman–Crippen MR) is 98.7 cm³/mol. The monoisotopic (exact) mass is 349 g/mol. The van der Waals surface area contributed by atoms with Gasteiger partial charge in [0.15, 0.2) is 5.96 Å². The molecular formula is C16H27N7S. The molecule has 0 fully saturated rings. The smallest absolute Gasteiger partial charge is 0.191 e. The highest BCUT2D eigenvalue weighted by molar-refractivity contribution is 7.11. The summed E-state index contributed by atoms with van der Waals surface area (Å²) in [6.07, 6.45) is 3.54. The van der Waals surface area contributed by atoms with E-state index in [1.54, 1.807) is 17.7 Å². The predicted octanol–water partition coefficient (Wildman–Crippen LogP) is 1.71. The highest BCUT2D eigenvalue weighted by Crippen LogP contribution is 2.16. The van der Waals surface area contributed by atoms with Crippen LogP contribution in [-0.4, -0.2) is 45.3 Å². The first kappa shape index (κ1) is 18.4. The summed E-state index contributed by atoms with van der Waals surface area (Å²) in [5, 5.41) is 15.8. The second-order valence-electron chi connectivity index (χ2n) is 5.48.